The van der Waals surface area contributed by atoms with Crippen LogP contribution in [-0.2, 0) is 36.5 Å². The standard InChI is InChI=1S/CH4N2O.Mn.Zn/c2-1(3)4;;/h(H4,2,3,4);;. The molecule has 2 amide bonds. The van der Waals surface area contributed by atoms with Crippen molar-refractivity contribution in [3.05, 3.63) is 0 Å². The Kier molecular flexibility index (Phi) is 24.3. The molecule has 3 nitrogen and oxygen atoms in total. The van der Waals surface area contributed by atoms with Crippen LogP contribution in [0.2, 0.25) is 0 Å². The number of hydrogen-bond acceptors (Lipinski definition) is 1. The molecule has 5 heteroatoms. The van der Waals surface area contributed by atoms with Gasteiger partial charge in [-0.05, 0) is 0 Å². The van der Waals surface area contributed by atoms with Crippen molar-refractivity contribution in [2.75, 3.05) is 0 Å². The Morgan fingerprint density at radius 3 is 1.33 bits per heavy atom. The maximum Gasteiger partial charge on any atom is 0.309 e. The molecule has 0 aliphatic heterocycles. The molecule has 0 unspecified atom stereocenters. The number of carbonyl (C=O) groups excluding carboxylic acids is 1. The Morgan fingerprint density at radius 1 is 1.33 bits per heavy atom. The molecule has 0 bridgehead atoms. The van der Waals surface area contributed by atoms with Gasteiger partial charge in [-0.15, -0.1) is 0 Å². The number of nitrogens with two attached hydrogens (primary N) is 2. The molecule has 6 heavy (non-hydrogen) atoms. The minimum absolute atomic E-state index is 0. The predicted octanol–water partition coefficient (Wildman–Crippen LogP) is -0.981. The Morgan fingerprint density at radius 2 is 1.33 bits per heavy atom. The summed E-state index contributed by atoms with van der Waals surface area (Å²) in [5.74, 6) is 0. The fourth-order valence-corrected chi connectivity index (χ4v) is 0. The Balaban J connectivity index is -0.0000000450. The van der Waals surface area contributed by atoms with Gasteiger partial charge in [-0.25, -0.2) is 4.79 Å². The van der Waals surface area contributed by atoms with Gasteiger partial charge in [-0.1, -0.05) is 0 Å². The Labute approximate surface area is 59.1 Å². The summed E-state index contributed by atoms with van der Waals surface area (Å²) < 4.78 is 0. The number of carbonyl (C=O) groups is 1. The zero-order chi connectivity index (χ0) is 3.58. The minimum Gasteiger partial charge on any atom is -0.352 e. The van der Waals surface area contributed by atoms with Gasteiger partial charge in [0.25, 0.3) is 0 Å². The Hall–Kier alpha value is 0.413. The average Bonchev–Trinajstić information content (AvgIpc) is 0.811. The molecule has 0 aromatic heterocycles. The van der Waals surface area contributed by atoms with Crippen LogP contribution < -0.4 is 11.5 Å². The molecule has 0 spiro atoms. The average molecular weight is 180 g/mol. The molecule has 0 heterocycles. The van der Waals surface area contributed by atoms with Gasteiger partial charge in [-0.2, -0.15) is 0 Å². The van der Waals surface area contributed by atoms with Crippen molar-refractivity contribution < 1.29 is 41.3 Å². The van der Waals surface area contributed by atoms with Crippen molar-refractivity contribution >= 4 is 6.03 Å². The summed E-state index contributed by atoms with van der Waals surface area (Å²) in [4.78, 5) is 9.00. The SMILES string of the molecule is NC(N)=O.[Mn].[Zn]. The monoisotopic (exact) mass is 179 g/mol. The molecule has 0 aromatic rings. The van der Waals surface area contributed by atoms with Crippen molar-refractivity contribution in [3.8, 4) is 0 Å². The minimum atomic E-state index is -0.833. The fourth-order valence-electron chi connectivity index (χ4n) is 0. The van der Waals surface area contributed by atoms with E-state index in [9.17, 15) is 0 Å². The van der Waals surface area contributed by atoms with Gasteiger partial charge in [-0.3, -0.25) is 0 Å². The van der Waals surface area contributed by atoms with Gasteiger partial charge in [0.2, 0.25) is 0 Å². The third-order valence-corrected chi connectivity index (χ3v) is 0. The van der Waals surface area contributed by atoms with Gasteiger partial charge in [0.1, 0.15) is 0 Å². The number of primary amides is 2. The van der Waals surface area contributed by atoms with Crippen LogP contribution >= 0.6 is 0 Å². The molecule has 0 atom stereocenters. The molecule has 0 aliphatic rings. The third kappa shape index (κ3) is 302. The van der Waals surface area contributed by atoms with Gasteiger partial charge < -0.3 is 11.5 Å². The summed E-state index contributed by atoms with van der Waals surface area (Å²) in [5.41, 5.74) is 8.50. The van der Waals surface area contributed by atoms with Crippen LogP contribution in [0, 0.1) is 0 Å². The molecule has 0 aromatic carbocycles. The Bertz CT molecular complexity index is 36.5. The maximum absolute atomic E-state index is 9.00. The summed E-state index contributed by atoms with van der Waals surface area (Å²) in [6.45, 7) is 0. The second-order valence-electron chi connectivity index (χ2n) is 0.402. The smallest absolute Gasteiger partial charge is 0.309 e. The van der Waals surface area contributed by atoms with E-state index in [1.54, 1.807) is 0 Å². The van der Waals surface area contributed by atoms with Crippen LogP contribution in [0.4, 0.5) is 4.79 Å². The summed E-state index contributed by atoms with van der Waals surface area (Å²) in [6, 6.07) is -0.833. The molecular formula is CH4MnN2OZn. The number of hydrogen-bond donors (Lipinski definition) is 2. The van der Waals surface area contributed by atoms with Gasteiger partial charge in [0.15, 0.2) is 0 Å². The first-order valence-electron chi connectivity index (χ1n) is 0.781. The summed E-state index contributed by atoms with van der Waals surface area (Å²) in [5, 5.41) is 0. The van der Waals surface area contributed by atoms with Crippen LogP contribution in [0.3, 0.4) is 0 Å². The number of urea groups is 1. The molecule has 0 rings (SSSR count). The van der Waals surface area contributed by atoms with Gasteiger partial charge in [0, 0.05) is 36.5 Å². The van der Waals surface area contributed by atoms with Crippen molar-refractivity contribution in [1.29, 1.82) is 0 Å². The largest absolute Gasteiger partial charge is 0.352 e. The molecule has 0 fully saturated rings. The summed E-state index contributed by atoms with van der Waals surface area (Å²) in [7, 11) is 0. The third-order valence-electron chi connectivity index (χ3n) is 0. The first kappa shape index (κ1) is 16.1. The zero-order valence-electron chi connectivity index (χ0n) is 3.15. The molecule has 0 aliphatic carbocycles. The van der Waals surface area contributed by atoms with Crippen LogP contribution in [-0.4, -0.2) is 6.03 Å². The van der Waals surface area contributed by atoms with E-state index in [0.29, 0.717) is 0 Å². The van der Waals surface area contributed by atoms with Crippen LogP contribution in [0.5, 0.6) is 0 Å². The molecule has 0 saturated carbocycles. The second kappa shape index (κ2) is 9.05. The van der Waals surface area contributed by atoms with Crippen molar-refractivity contribution in [3.63, 3.8) is 0 Å². The number of rotatable bonds is 0. The van der Waals surface area contributed by atoms with Gasteiger partial charge in [0.05, 0.1) is 0 Å². The molecule has 1 radical (unpaired) electrons. The van der Waals surface area contributed by atoms with E-state index < -0.39 is 6.03 Å². The summed E-state index contributed by atoms with van der Waals surface area (Å²) >= 11 is 0. The van der Waals surface area contributed by atoms with E-state index >= 15 is 0 Å². The van der Waals surface area contributed by atoms with E-state index in [2.05, 4.69) is 11.5 Å². The van der Waals surface area contributed by atoms with E-state index in [4.69, 9.17) is 4.79 Å². The molecule has 4 N–H and O–H groups in total. The first-order valence-corrected chi connectivity index (χ1v) is 0.781. The first-order chi connectivity index (χ1) is 1.73. The van der Waals surface area contributed by atoms with Crippen molar-refractivity contribution in [2.24, 2.45) is 11.5 Å². The van der Waals surface area contributed by atoms with E-state index in [-0.39, 0.29) is 36.5 Å². The van der Waals surface area contributed by atoms with E-state index in [0.717, 1.165) is 0 Å². The second-order valence-corrected chi connectivity index (χ2v) is 0.402. The quantitative estimate of drug-likeness (QED) is 0.462. The van der Waals surface area contributed by atoms with Crippen LogP contribution in [0.1, 0.15) is 0 Å². The molecular weight excluding hydrogens is 176 g/mol. The topological polar surface area (TPSA) is 69.1 Å². The van der Waals surface area contributed by atoms with E-state index in [1.165, 1.54) is 0 Å². The van der Waals surface area contributed by atoms with Gasteiger partial charge >= 0.3 is 6.03 Å². The molecule has 0 saturated heterocycles. The van der Waals surface area contributed by atoms with Crippen LogP contribution in [0.25, 0.3) is 0 Å². The number of amides is 2. The maximum atomic E-state index is 9.00. The fraction of sp³-hybridized carbons (Fsp3) is 0. The van der Waals surface area contributed by atoms with Crippen molar-refractivity contribution in [1.82, 2.24) is 0 Å². The van der Waals surface area contributed by atoms with E-state index in [1.807, 2.05) is 0 Å². The molecule has 33 valence electrons. The summed E-state index contributed by atoms with van der Waals surface area (Å²) in [6.07, 6.45) is 0. The normalized spacial score (nSPS) is 4.00. The zero-order valence-corrected chi connectivity index (χ0v) is 7.30. The van der Waals surface area contributed by atoms with Crippen LogP contribution in [0.15, 0.2) is 0 Å². The predicted molar refractivity (Wildman–Crippen MR) is 13.8 cm³/mol. The van der Waals surface area contributed by atoms with Crippen molar-refractivity contribution in [2.45, 2.75) is 0 Å².